The molecular formula is C14H16ClNO2. The largest absolute Gasteiger partial charge is 0.496 e. The predicted molar refractivity (Wildman–Crippen MR) is 72.0 cm³/mol. The van der Waals surface area contributed by atoms with E-state index in [2.05, 4.69) is 5.32 Å². The molecule has 0 spiro atoms. The van der Waals surface area contributed by atoms with Crippen molar-refractivity contribution in [2.24, 2.45) is 0 Å². The van der Waals surface area contributed by atoms with Crippen molar-refractivity contribution in [3.05, 3.63) is 52.9 Å². The lowest BCUT2D eigenvalue weighted by atomic mass is 10.1. The molecule has 1 aromatic heterocycles. The van der Waals surface area contributed by atoms with E-state index >= 15 is 0 Å². The fourth-order valence-corrected chi connectivity index (χ4v) is 2.03. The van der Waals surface area contributed by atoms with E-state index in [1.54, 1.807) is 13.4 Å². The van der Waals surface area contributed by atoms with E-state index in [0.29, 0.717) is 11.6 Å². The van der Waals surface area contributed by atoms with E-state index in [0.717, 1.165) is 17.1 Å². The van der Waals surface area contributed by atoms with Crippen LogP contribution in [0.2, 0.25) is 5.02 Å². The molecule has 18 heavy (non-hydrogen) atoms. The molecule has 0 saturated heterocycles. The van der Waals surface area contributed by atoms with Crippen LogP contribution in [0.3, 0.4) is 0 Å². The Morgan fingerprint density at radius 1 is 1.33 bits per heavy atom. The maximum Gasteiger partial charge on any atom is 0.124 e. The molecule has 1 N–H and O–H groups in total. The molecule has 1 atom stereocenters. The molecule has 0 aliphatic heterocycles. The molecule has 1 heterocycles. The second-order valence-corrected chi connectivity index (χ2v) is 4.45. The van der Waals surface area contributed by atoms with Crippen molar-refractivity contribution in [2.75, 3.05) is 7.11 Å². The fourth-order valence-electron chi connectivity index (χ4n) is 1.80. The summed E-state index contributed by atoms with van der Waals surface area (Å²) >= 11 is 6.17. The minimum Gasteiger partial charge on any atom is -0.496 e. The van der Waals surface area contributed by atoms with Gasteiger partial charge in [-0.05, 0) is 31.2 Å². The zero-order chi connectivity index (χ0) is 13.0. The van der Waals surface area contributed by atoms with Crippen molar-refractivity contribution >= 4 is 11.6 Å². The number of ether oxygens (including phenoxy) is 1. The number of hydrogen-bond acceptors (Lipinski definition) is 3. The monoisotopic (exact) mass is 265 g/mol. The summed E-state index contributed by atoms with van der Waals surface area (Å²) in [5, 5.41) is 4.06. The van der Waals surface area contributed by atoms with Crippen LogP contribution in [0, 0.1) is 0 Å². The smallest absolute Gasteiger partial charge is 0.124 e. The molecule has 2 aromatic rings. The normalized spacial score (nSPS) is 12.4. The Balaban J connectivity index is 2.06. The molecule has 4 heteroatoms. The van der Waals surface area contributed by atoms with Gasteiger partial charge in [0.15, 0.2) is 0 Å². The van der Waals surface area contributed by atoms with Gasteiger partial charge in [0.05, 0.1) is 19.4 Å². The predicted octanol–water partition coefficient (Wildman–Crippen LogP) is 3.79. The van der Waals surface area contributed by atoms with Crippen LogP contribution in [-0.4, -0.2) is 7.11 Å². The Morgan fingerprint density at radius 3 is 2.83 bits per heavy atom. The zero-order valence-electron chi connectivity index (χ0n) is 10.4. The minimum atomic E-state index is 0.126. The number of hydrogen-bond donors (Lipinski definition) is 1. The summed E-state index contributed by atoms with van der Waals surface area (Å²) < 4.78 is 10.6. The molecule has 0 radical (unpaired) electrons. The van der Waals surface area contributed by atoms with E-state index in [1.807, 2.05) is 37.3 Å². The van der Waals surface area contributed by atoms with Gasteiger partial charge in [-0.3, -0.25) is 0 Å². The lowest BCUT2D eigenvalue weighted by Gasteiger charge is -2.14. The molecule has 2 rings (SSSR count). The summed E-state index contributed by atoms with van der Waals surface area (Å²) in [6.07, 6.45) is 1.67. The molecule has 0 aliphatic carbocycles. The van der Waals surface area contributed by atoms with Crippen LogP contribution in [0.1, 0.15) is 24.3 Å². The molecule has 1 unspecified atom stereocenters. The lowest BCUT2D eigenvalue weighted by molar-refractivity contribution is 0.399. The van der Waals surface area contributed by atoms with Crippen LogP contribution >= 0.6 is 11.6 Å². The standard InChI is InChI=1S/C14H16ClNO2/c1-10(13-7-4-8-18-13)16-9-11-12(15)5-3-6-14(11)17-2/h3-8,10,16H,9H2,1-2H3. The number of nitrogens with one attached hydrogen (secondary N) is 1. The van der Waals surface area contributed by atoms with Crippen LogP contribution in [0.4, 0.5) is 0 Å². The third-order valence-corrected chi connectivity index (χ3v) is 3.20. The maximum absolute atomic E-state index is 6.17. The van der Waals surface area contributed by atoms with Crippen molar-refractivity contribution in [1.82, 2.24) is 5.32 Å². The summed E-state index contributed by atoms with van der Waals surface area (Å²) in [4.78, 5) is 0. The quantitative estimate of drug-likeness (QED) is 0.893. The SMILES string of the molecule is COc1cccc(Cl)c1CNC(C)c1ccco1. The highest BCUT2D eigenvalue weighted by Crippen LogP contribution is 2.26. The second kappa shape index (κ2) is 5.94. The van der Waals surface area contributed by atoms with Gasteiger partial charge in [-0.2, -0.15) is 0 Å². The van der Waals surface area contributed by atoms with E-state index in [-0.39, 0.29) is 6.04 Å². The molecule has 0 aliphatic rings. The highest BCUT2D eigenvalue weighted by molar-refractivity contribution is 6.31. The van der Waals surface area contributed by atoms with Crippen molar-refractivity contribution < 1.29 is 9.15 Å². The van der Waals surface area contributed by atoms with Crippen LogP contribution in [0.15, 0.2) is 41.0 Å². The maximum atomic E-state index is 6.17. The van der Waals surface area contributed by atoms with Gasteiger partial charge in [-0.1, -0.05) is 17.7 Å². The zero-order valence-corrected chi connectivity index (χ0v) is 11.2. The van der Waals surface area contributed by atoms with Crippen molar-refractivity contribution in [3.8, 4) is 5.75 Å². The van der Waals surface area contributed by atoms with Gasteiger partial charge < -0.3 is 14.5 Å². The van der Waals surface area contributed by atoms with E-state index in [4.69, 9.17) is 20.8 Å². The minimum absolute atomic E-state index is 0.126. The first-order valence-corrected chi connectivity index (χ1v) is 6.18. The highest BCUT2D eigenvalue weighted by atomic mass is 35.5. The van der Waals surface area contributed by atoms with Crippen LogP contribution in [-0.2, 0) is 6.54 Å². The fraction of sp³-hybridized carbons (Fsp3) is 0.286. The van der Waals surface area contributed by atoms with Crippen LogP contribution in [0.5, 0.6) is 5.75 Å². The van der Waals surface area contributed by atoms with E-state index in [1.165, 1.54) is 0 Å². The Kier molecular flexibility index (Phi) is 4.28. The first-order valence-electron chi connectivity index (χ1n) is 5.80. The number of furan rings is 1. The van der Waals surface area contributed by atoms with Gasteiger partial charge >= 0.3 is 0 Å². The molecular weight excluding hydrogens is 250 g/mol. The summed E-state index contributed by atoms with van der Waals surface area (Å²) in [6.45, 7) is 2.67. The Morgan fingerprint density at radius 2 is 2.17 bits per heavy atom. The molecule has 0 amide bonds. The Labute approximate surface area is 112 Å². The first-order chi connectivity index (χ1) is 8.72. The van der Waals surface area contributed by atoms with E-state index < -0.39 is 0 Å². The van der Waals surface area contributed by atoms with Crippen LogP contribution in [0.25, 0.3) is 0 Å². The summed E-state index contributed by atoms with van der Waals surface area (Å²) in [5.74, 6) is 1.70. The number of methoxy groups -OCH3 is 1. The average molecular weight is 266 g/mol. The van der Waals surface area contributed by atoms with Gasteiger partial charge in [0.2, 0.25) is 0 Å². The number of halogens is 1. The van der Waals surface area contributed by atoms with Crippen molar-refractivity contribution in [3.63, 3.8) is 0 Å². The topological polar surface area (TPSA) is 34.4 Å². The molecule has 0 bridgehead atoms. The van der Waals surface area contributed by atoms with Crippen molar-refractivity contribution in [2.45, 2.75) is 19.5 Å². The van der Waals surface area contributed by atoms with Gasteiger partial charge in [-0.25, -0.2) is 0 Å². The molecule has 3 nitrogen and oxygen atoms in total. The number of rotatable bonds is 5. The summed E-state index contributed by atoms with van der Waals surface area (Å²) in [6, 6.07) is 9.59. The van der Waals surface area contributed by atoms with Gasteiger partial charge in [-0.15, -0.1) is 0 Å². The molecule has 0 saturated carbocycles. The second-order valence-electron chi connectivity index (χ2n) is 4.04. The molecule has 96 valence electrons. The molecule has 1 aromatic carbocycles. The Hall–Kier alpha value is -1.45. The highest BCUT2D eigenvalue weighted by Gasteiger charge is 2.11. The number of benzene rings is 1. The van der Waals surface area contributed by atoms with E-state index in [9.17, 15) is 0 Å². The first kappa shape index (κ1) is 13.0. The lowest BCUT2D eigenvalue weighted by Crippen LogP contribution is -2.18. The van der Waals surface area contributed by atoms with Gasteiger partial charge in [0, 0.05) is 17.1 Å². The van der Waals surface area contributed by atoms with Gasteiger partial charge in [0.25, 0.3) is 0 Å². The molecule has 0 fully saturated rings. The summed E-state index contributed by atoms with van der Waals surface area (Å²) in [7, 11) is 1.64. The van der Waals surface area contributed by atoms with Gasteiger partial charge in [0.1, 0.15) is 11.5 Å². The summed E-state index contributed by atoms with van der Waals surface area (Å²) in [5.41, 5.74) is 0.958. The van der Waals surface area contributed by atoms with Crippen molar-refractivity contribution in [1.29, 1.82) is 0 Å². The average Bonchev–Trinajstić information content (AvgIpc) is 2.90. The third kappa shape index (κ3) is 2.86. The van der Waals surface area contributed by atoms with Crippen LogP contribution < -0.4 is 10.1 Å². The third-order valence-electron chi connectivity index (χ3n) is 2.85. The Bertz CT molecular complexity index is 497.